The highest BCUT2D eigenvalue weighted by atomic mass is 19.1. The Labute approximate surface area is 159 Å². The molecule has 1 atom stereocenters. The second-order valence-electron chi connectivity index (χ2n) is 7.03. The molecule has 2 aromatic rings. The first kappa shape index (κ1) is 19.6. The van der Waals surface area contributed by atoms with Crippen LogP contribution >= 0.6 is 0 Å². The molecule has 7 heteroatoms. The lowest BCUT2D eigenvalue weighted by Crippen LogP contribution is -2.39. The van der Waals surface area contributed by atoms with E-state index in [1.807, 2.05) is 13.1 Å². The van der Waals surface area contributed by atoms with Gasteiger partial charge in [-0.15, -0.1) is 0 Å². The summed E-state index contributed by atoms with van der Waals surface area (Å²) in [7, 11) is 0. The van der Waals surface area contributed by atoms with Gasteiger partial charge in [0.25, 0.3) is 0 Å². The third-order valence-electron chi connectivity index (χ3n) is 4.58. The number of H-pyrrole nitrogens is 1. The van der Waals surface area contributed by atoms with E-state index in [0.717, 1.165) is 36.0 Å². The number of hydrogen-bond donors (Lipinski definition) is 4. The molecule has 1 aliphatic carbocycles. The first-order valence-corrected chi connectivity index (χ1v) is 9.69. The van der Waals surface area contributed by atoms with Crippen molar-refractivity contribution in [2.24, 2.45) is 10.9 Å². The molecule has 4 N–H and O–H groups in total. The van der Waals surface area contributed by atoms with Gasteiger partial charge in [0, 0.05) is 36.8 Å². The zero-order chi connectivity index (χ0) is 19.1. The predicted molar refractivity (Wildman–Crippen MR) is 105 cm³/mol. The number of aliphatic imine (C=N–C) groups is 1. The summed E-state index contributed by atoms with van der Waals surface area (Å²) in [5, 5.41) is 17.5. The van der Waals surface area contributed by atoms with Gasteiger partial charge in [-0.2, -0.15) is 0 Å². The molecule has 6 nitrogen and oxygen atoms in total. The van der Waals surface area contributed by atoms with Crippen LogP contribution in [0.1, 0.15) is 25.3 Å². The van der Waals surface area contributed by atoms with E-state index in [2.05, 4.69) is 20.6 Å². The van der Waals surface area contributed by atoms with Crippen LogP contribution in [0.15, 0.2) is 29.4 Å². The standard InChI is InChI=1S/C20H29FN4O2/c1-2-22-20(25-11-17(26)13-27-12-14-3-4-14)23-8-7-15-10-24-19-9-16(21)5-6-18(15)19/h5-6,9-10,14,17,24,26H,2-4,7-8,11-13H2,1H3,(H2,22,23,25). The van der Waals surface area contributed by atoms with E-state index in [9.17, 15) is 9.50 Å². The summed E-state index contributed by atoms with van der Waals surface area (Å²) >= 11 is 0. The molecule has 1 unspecified atom stereocenters. The molecule has 0 radical (unpaired) electrons. The molecule has 1 fully saturated rings. The third kappa shape index (κ3) is 6.22. The van der Waals surface area contributed by atoms with Gasteiger partial charge in [0.1, 0.15) is 5.82 Å². The van der Waals surface area contributed by atoms with Crippen molar-refractivity contribution in [3.63, 3.8) is 0 Å². The number of nitrogens with zero attached hydrogens (tertiary/aromatic N) is 1. The number of benzene rings is 1. The van der Waals surface area contributed by atoms with Gasteiger partial charge >= 0.3 is 0 Å². The molecule has 0 saturated heterocycles. The Morgan fingerprint density at radius 1 is 1.41 bits per heavy atom. The minimum atomic E-state index is -0.595. The van der Waals surface area contributed by atoms with Crippen LogP contribution in [0.2, 0.25) is 0 Å². The molecule has 1 aromatic carbocycles. The van der Waals surface area contributed by atoms with Gasteiger partial charge in [0.05, 0.1) is 19.3 Å². The quantitative estimate of drug-likeness (QED) is 0.378. The fraction of sp³-hybridized carbons (Fsp3) is 0.550. The highest BCUT2D eigenvalue weighted by Crippen LogP contribution is 2.28. The van der Waals surface area contributed by atoms with E-state index in [1.54, 1.807) is 6.07 Å². The topological polar surface area (TPSA) is 81.7 Å². The summed E-state index contributed by atoms with van der Waals surface area (Å²) in [6.45, 7) is 4.79. The summed E-state index contributed by atoms with van der Waals surface area (Å²) in [6.07, 6.45) is 4.59. The van der Waals surface area contributed by atoms with Crippen molar-refractivity contribution in [2.75, 3.05) is 32.8 Å². The molecule has 0 spiro atoms. The number of fused-ring (bicyclic) bond motifs is 1. The fourth-order valence-electron chi connectivity index (χ4n) is 2.93. The fourth-order valence-corrected chi connectivity index (χ4v) is 2.93. The van der Waals surface area contributed by atoms with Crippen molar-refractivity contribution in [3.8, 4) is 0 Å². The number of aromatic nitrogens is 1. The monoisotopic (exact) mass is 376 g/mol. The van der Waals surface area contributed by atoms with Crippen molar-refractivity contribution >= 4 is 16.9 Å². The molecule has 0 bridgehead atoms. The Bertz CT molecular complexity index is 758. The predicted octanol–water partition coefficient (Wildman–Crippen LogP) is 2.19. The van der Waals surface area contributed by atoms with Crippen LogP contribution in [0.5, 0.6) is 0 Å². The van der Waals surface area contributed by atoms with Gasteiger partial charge < -0.3 is 25.5 Å². The second-order valence-corrected chi connectivity index (χ2v) is 7.03. The second kappa shape index (κ2) is 9.71. The lowest BCUT2D eigenvalue weighted by Gasteiger charge is -2.13. The van der Waals surface area contributed by atoms with Gasteiger partial charge in [-0.05, 0) is 55.9 Å². The number of aromatic amines is 1. The number of hydrogen-bond acceptors (Lipinski definition) is 3. The van der Waals surface area contributed by atoms with E-state index in [0.29, 0.717) is 31.6 Å². The minimum Gasteiger partial charge on any atom is -0.389 e. The molecule has 27 heavy (non-hydrogen) atoms. The molecule has 0 amide bonds. The SMILES string of the molecule is CCNC(=NCC(O)COCC1CC1)NCCc1c[nH]c2cc(F)ccc12. The Hall–Kier alpha value is -2.12. The van der Waals surface area contributed by atoms with E-state index in [4.69, 9.17) is 4.74 Å². The van der Waals surface area contributed by atoms with Crippen LogP contribution in [0.25, 0.3) is 10.9 Å². The Morgan fingerprint density at radius 2 is 2.26 bits per heavy atom. The summed E-state index contributed by atoms with van der Waals surface area (Å²) < 4.78 is 18.8. The van der Waals surface area contributed by atoms with E-state index < -0.39 is 6.10 Å². The highest BCUT2D eigenvalue weighted by molar-refractivity contribution is 5.83. The summed E-state index contributed by atoms with van der Waals surface area (Å²) in [4.78, 5) is 7.53. The maximum Gasteiger partial charge on any atom is 0.191 e. The number of halogens is 1. The highest BCUT2D eigenvalue weighted by Gasteiger charge is 2.21. The molecular weight excluding hydrogens is 347 g/mol. The van der Waals surface area contributed by atoms with E-state index in [1.165, 1.54) is 25.0 Å². The van der Waals surface area contributed by atoms with Gasteiger partial charge in [-0.25, -0.2) is 4.39 Å². The zero-order valence-electron chi connectivity index (χ0n) is 15.8. The molecule has 1 aromatic heterocycles. The van der Waals surface area contributed by atoms with Crippen molar-refractivity contribution in [3.05, 3.63) is 35.8 Å². The van der Waals surface area contributed by atoms with Crippen LogP contribution in [0.3, 0.4) is 0 Å². The largest absolute Gasteiger partial charge is 0.389 e. The first-order valence-electron chi connectivity index (χ1n) is 9.69. The third-order valence-corrected chi connectivity index (χ3v) is 4.58. The zero-order valence-corrected chi connectivity index (χ0v) is 15.8. The number of aliphatic hydroxyl groups excluding tert-OH is 1. The van der Waals surface area contributed by atoms with Crippen LogP contribution < -0.4 is 10.6 Å². The van der Waals surface area contributed by atoms with Crippen molar-refractivity contribution in [2.45, 2.75) is 32.3 Å². The van der Waals surface area contributed by atoms with Crippen LogP contribution in [-0.2, 0) is 11.2 Å². The summed E-state index contributed by atoms with van der Waals surface area (Å²) in [6, 6.07) is 4.78. The Morgan fingerprint density at radius 3 is 3.04 bits per heavy atom. The average molecular weight is 376 g/mol. The van der Waals surface area contributed by atoms with Gasteiger partial charge in [0.15, 0.2) is 5.96 Å². The Balaban J connectivity index is 1.45. The number of rotatable bonds is 10. The molecule has 0 aliphatic heterocycles. The van der Waals surface area contributed by atoms with E-state index in [-0.39, 0.29) is 5.82 Å². The number of aliphatic hydroxyl groups is 1. The smallest absolute Gasteiger partial charge is 0.191 e. The summed E-state index contributed by atoms with van der Waals surface area (Å²) in [5.41, 5.74) is 1.93. The molecule has 148 valence electrons. The van der Waals surface area contributed by atoms with Crippen molar-refractivity contribution in [1.82, 2.24) is 15.6 Å². The van der Waals surface area contributed by atoms with Crippen LogP contribution in [0, 0.1) is 11.7 Å². The minimum absolute atomic E-state index is 0.241. The summed E-state index contributed by atoms with van der Waals surface area (Å²) in [5.74, 6) is 1.13. The van der Waals surface area contributed by atoms with Crippen LogP contribution in [0.4, 0.5) is 4.39 Å². The van der Waals surface area contributed by atoms with Crippen molar-refractivity contribution < 1.29 is 14.2 Å². The van der Waals surface area contributed by atoms with Gasteiger partial charge in [-0.3, -0.25) is 4.99 Å². The first-order chi connectivity index (χ1) is 13.2. The van der Waals surface area contributed by atoms with Crippen molar-refractivity contribution in [1.29, 1.82) is 0 Å². The molecular formula is C20H29FN4O2. The number of guanidine groups is 1. The van der Waals surface area contributed by atoms with Crippen LogP contribution in [-0.4, -0.2) is 55.0 Å². The van der Waals surface area contributed by atoms with Gasteiger partial charge in [0.2, 0.25) is 0 Å². The van der Waals surface area contributed by atoms with E-state index >= 15 is 0 Å². The maximum atomic E-state index is 13.3. The number of nitrogens with one attached hydrogen (secondary N) is 3. The molecule has 1 saturated carbocycles. The average Bonchev–Trinajstić information content (AvgIpc) is 3.39. The van der Waals surface area contributed by atoms with Gasteiger partial charge in [-0.1, -0.05) is 0 Å². The number of ether oxygens (including phenoxy) is 1. The molecule has 1 heterocycles. The maximum absolute atomic E-state index is 13.3. The molecule has 3 rings (SSSR count). The lowest BCUT2D eigenvalue weighted by atomic mass is 10.1. The normalized spacial score (nSPS) is 15.9. The lowest BCUT2D eigenvalue weighted by molar-refractivity contribution is 0.0368. The Kier molecular flexibility index (Phi) is 7.06. The molecule has 1 aliphatic rings.